The van der Waals surface area contributed by atoms with Gasteiger partial charge in [0.1, 0.15) is 6.54 Å². The van der Waals surface area contributed by atoms with Gasteiger partial charge in [-0.1, -0.05) is 61.9 Å². The zero-order chi connectivity index (χ0) is 31.9. The van der Waals surface area contributed by atoms with Crippen LogP contribution < -0.4 is 5.32 Å². The largest absolute Gasteiger partial charge is 0.405 e. The van der Waals surface area contributed by atoms with Crippen molar-refractivity contribution < 1.29 is 27.6 Å². The lowest BCUT2D eigenvalue weighted by Crippen LogP contribution is -2.42. The summed E-state index contributed by atoms with van der Waals surface area (Å²) in [5.74, 6) is -1.14. The molecule has 1 saturated heterocycles. The topological polar surface area (TPSA) is 102 Å². The highest BCUT2D eigenvalue weighted by atomic mass is 19.4. The number of ketones is 1. The monoisotopic (exact) mass is 616 g/mol. The van der Waals surface area contributed by atoms with Gasteiger partial charge in [-0.15, -0.1) is 0 Å². The maximum Gasteiger partial charge on any atom is 0.405 e. The molecule has 1 aliphatic rings. The number of aromatic nitrogens is 4. The molecule has 9 nitrogen and oxygen atoms in total. The molecule has 3 atom stereocenters. The number of benzene rings is 2. The van der Waals surface area contributed by atoms with Gasteiger partial charge >= 0.3 is 12.2 Å². The molecule has 6 rings (SSSR count). The van der Waals surface area contributed by atoms with E-state index in [9.17, 15) is 27.6 Å². The van der Waals surface area contributed by atoms with Crippen molar-refractivity contribution in [2.45, 2.75) is 38.3 Å². The van der Waals surface area contributed by atoms with Crippen LogP contribution in [-0.4, -0.2) is 67.4 Å². The first-order chi connectivity index (χ1) is 21.6. The molecular formula is C33H31F3N6O3. The van der Waals surface area contributed by atoms with E-state index < -0.39 is 24.7 Å². The number of imidazole rings is 1. The Kier molecular flexibility index (Phi) is 7.90. The molecule has 0 saturated carbocycles. The number of amides is 2. The first-order valence-corrected chi connectivity index (χ1v) is 14.7. The van der Waals surface area contributed by atoms with Crippen LogP contribution in [0.1, 0.15) is 64.1 Å². The zero-order valence-corrected chi connectivity index (χ0v) is 24.7. The molecule has 2 unspecified atom stereocenters. The van der Waals surface area contributed by atoms with Gasteiger partial charge in [0.25, 0.3) is 0 Å². The van der Waals surface area contributed by atoms with Crippen molar-refractivity contribution in [3.63, 3.8) is 0 Å². The molecule has 232 valence electrons. The number of carbonyl (C=O) groups excluding carboxylic acids is 3. The lowest BCUT2D eigenvalue weighted by Gasteiger charge is -2.18. The highest BCUT2D eigenvalue weighted by Crippen LogP contribution is 2.36. The molecule has 0 bridgehead atoms. The number of halogens is 3. The van der Waals surface area contributed by atoms with Crippen LogP contribution in [0.5, 0.6) is 0 Å². The third-order valence-corrected chi connectivity index (χ3v) is 8.56. The summed E-state index contributed by atoms with van der Waals surface area (Å²) < 4.78 is 41.5. The summed E-state index contributed by atoms with van der Waals surface area (Å²) in [5, 5.41) is 1.97. The molecule has 2 amide bonds. The van der Waals surface area contributed by atoms with Crippen LogP contribution in [0.4, 0.5) is 18.0 Å². The Morgan fingerprint density at radius 3 is 2.47 bits per heavy atom. The number of urea groups is 1. The van der Waals surface area contributed by atoms with Gasteiger partial charge in [0.2, 0.25) is 5.91 Å². The third-order valence-electron chi connectivity index (χ3n) is 8.56. The van der Waals surface area contributed by atoms with Crippen molar-refractivity contribution >= 4 is 34.5 Å². The summed E-state index contributed by atoms with van der Waals surface area (Å²) in [5.41, 5.74) is 4.14. The summed E-state index contributed by atoms with van der Waals surface area (Å²) in [4.78, 5) is 49.9. The molecule has 0 radical (unpaired) electrons. The summed E-state index contributed by atoms with van der Waals surface area (Å²) in [6, 6.07) is 17.0. The minimum atomic E-state index is -4.50. The second kappa shape index (κ2) is 11.8. The lowest BCUT2D eigenvalue weighted by atomic mass is 9.91. The molecule has 5 aromatic rings. The summed E-state index contributed by atoms with van der Waals surface area (Å²) in [6.45, 7) is 2.92. The number of hydrogen-bond acceptors (Lipinski definition) is 5. The van der Waals surface area contributed by atoms with E-state index in [2.05, 4.69) is 9.97 Å². The van der Waals surface area contributed by atoms with E-state index in [1.165, 1.54) is 9.47 Å². The van der Waals surface area contributed by atoms with Gasteiger partial charge in [0.15, 0.2) is 17.1 Å². The van der Waals surface area contributed by atoms with Crippen molar-refractivity contribution in [1.29, 1.82) is 0 Å². The van der Waals surface area contributed by atoms with Crippen LogP contribution in [0.3, 0.4) is 0 Å². The minimum Gasteiger partial charge on any atom is -0.329 e. The van der Waals surface area contributed by atoms with Crippen LogP contribution in [0.2, 0.25) is 0 Å². The fourth-order valence-corrected chi connectivity index (χ4v) is 6.14. The van der Waals surface area contributed by atoms with Gasteiger partial charge in [-0.2, -0.15) is 13.2 Å². The molecule has 0 aliphatic carbocycles. The van der Waals surface area contributed by atoms with E-state index in [0.717, 1.165) is 5.69 Å². The molecule has 0 spiro atoms. The standard InChI is InChI=1S/C33H31F3N6O3/c1-3-21-17-40(32(45)39-19-33(34,35)36)18-25(21)27-15-37-28-16-38-30-26(42(27)28)12-13-41(30)31(44)20(2)23-10-7-11-24(14-23)29(43)22-8-5-4-6-9-22/h4-16,20-21,25H,3,17-19H2,1-2H3,(H,39,45)/t20?,21?,25-/m0/s1. The fraction of sp³-hybridized carbons (Fsp3) is 0.303. The van der Waals surface area contributed by atoms with E-state index >= 15 is 0 Å². The van der Waals surface area contributed by atoms with Gasteiger partial charge in [-0.05, 0) is 30.5 Å². The summed E-state index contributed by atoms with van der Waals surface area (Å²) in [6.07, 6.45) is 1.14. The number of carbonyl (C=O) groups is 3. The number of rotatable bonds is 7. The van der Waals surface area contributed by atoms with Crippen molar-refractivity contribution in [1.82, 2.24) is 29.2 Å². The Labute approximate surface area is 256 Å². The number of alkyl halides is 3. The molecule has 12 heteroatoms. The Morgan fingerprint density at radius 2 is 1.73 bits per heavy atom. The van der Waals surface area contributed by atoms with E-state index in [1.807, 2.05) is 28.8 Å². The smallest absolute Gasteiger partial charge is 0.329 e. The normalized spacial score (nSPS) is 17.6. The quantitative estimate of drug-likeness (QED) is 0.224. The fourth-order valence-electron chi connectivity index (χ4n) is 6.14. The number of nitrogens with zero attached hydrogens (tertiary/aromatic N) is 5. The second-order valence-electron chi connectivity index (χ2n) is 11.4. The lowest BCUT2D eigenvalue weighted by molar-refractivity contribution is -0.123. The molecule has 45 heavy (non-hydrogen) atoms. The first-order valence-electron chi connectivity index (χ1n) is 14.7. The van der Waals surface area contributed by atoms with Crippen LogP contribution in [0.25, 0.3) is 16.8 Å². The molecule has 4 heterocycles. The zero-order valence-electron chi connectivity index (χ0n) is 24.7. The Morgan fingerprint density at radius 1 is 0.978 bits per heavy atom. The molecular weight excluding hydrogens is 585 g/mol. The van der Waals surface area contributed by atoms with Gasteiger partial charge in [-0.3, -0.25) is 18.6 Å². The van der Waals surface area contributed by atoms with Gasteiger partial charge in [0, 0.05) is 48.2 Å². The molecule has 1 fully saturated rings. The average Bonchev–Trinajstić information content (AvgIpc) is 3.79. The van der Waals surface area contributed by atoms with Crippen molar-refractivity contribution in [2.24, 2.45) is 5.92 Å². The minimum absolute atomic E-state index is 0.000588. The summed E-state index contributed by atoms with van der Waals surface area (Å²) in [7, 11) is 0. The molecule has 1 aliphatic heterocycles. The number of nitrogens with one attached hydrogen (secondary N) is 1. The number of hydrogen-bond donors (Lipinski definition) is 1. The Bertz CT molecular complexity index is 1900. The first kappa shape index (κ1) is 30.0. The number of likely N-dealkylation sites (tertiary alicyclic amines) is 1. The van der Waals surface area contributed by atoms with E-state index in [0.29, 0.717) is 46.5 Å². The predicted octanol–water partition coefficient (Wildman–Crippen LogP) is 6.06. The maximum absolute atomic E-state index is 13.8. The van der Waals surface area contributed by atoms with Crippen LogP contribution in [0, 0.1) is 5.92 Å². The Hall–Kier alpha value is -5.00. The predicted molar refractivity (Wildman–Crippen MR) is 161 cm³/mol. The van der Waals surface area contributed by atoms with Gasteiger partial charge in [-0.25, -0.2) is 14.8 Å². The maximum atomic E-state index is 13.8. The Balaban J connectivity index is 1.28. The van der Waals surface area contributed by atoms with Gasteiger partial charge in [0.05, 0.1) is 17.6 Å². The highest BCUT2D eigenvalue weighted by molar-refractivity contribution is 6.09. The highest BCUT2D eigenvalue weighted by Gasteiger charge is 2.38. The third kappa shape index (κ3) is 5.79. The van der Waals surface area contributed by atoms with Crippen molar-refractivity contribution in [3.05, 3.63) is 102 Å². The van der Waals surface area contributed by atoms with Crippen LogP contribution in [-0.2, 0) is 0 Å². The van der Waals surface area contributed by atoms with E-state index in [4.69, 9.17) is 0 Å². The van der Waals surface area contributed by atoms with Crippen LogP contribution in [0.15, 0.2) is 79.3 Å². The summed E-state index contributed by atoms with van der Waals surface area (Å²) >= 11 is 0. The van der Waals surface area contributed by atoms with E-state index in [1.54, 1.807) is 74.0 Å². The van der Waals surface area contributed by atoms with Crippen molar-refractivity contribution in [2.75, 3.05) is 19.6 Å². The average molecular weight is 617 g/mol. The number of fused-ring (bicyclic) bond motifs is 3. The molecule has 3 aromatic heterocycles. The SMILES string of the molecule is CCC1CN(C(=O)NCC(F)(F)F)C[C@@H]1c1cnc2cnc3c(ccn3C(=O)C(C)c3cccc(C(=O)c4ccccc4)c3)n12. The molecule has 1 N–H and O–H groups in total. The molecule has 2 aromatic carbocycles. The van der Waals surface area contributed by atoms with E-state index in [-0.39, 0.29) is 30.1 Å². The van der Waals surface area contributed by atoms with Crippen molar-refractivity contribution in [3.8, 4) is 0 Å². The van der Waals surface area contributed by atoms with Crippen LogP contribution >= 0.6 is 0 Å². The van der Waals surface area contributed by atoms with Gasteiger partial charge < -0.3 is 10.2 Å². The second-order valence-corrected chi connectivity index (χ2v) is 11.4.